The summed E-state index contributed by atoms with van der Waals surface area (Å²) in [5.41, 5.74) is 3.65. The molecule has 0 aromatic heterocycles. The zero-order valence-electron chi connectivity index (χ0n) is 15.4. The van der Waals surface area contributed by atoms with E-state index in [1.54, 1.807) is 13.2 Å². The van der Waals surface area contributed by atoms with Crippen LogP contribution in [-0.2, 0) is 4.79 Å². The fourth-order valence-corrected chi connectivity index (χ4v) is 3.03. The largest absolute Gasteiger partial charge is 0.496 e. The number of hydrogen-bond acceptors (Lipinski definition) is 3. The van der Waals surface area contributed by atoms with Crippen LogP contribution in [0.1, 0.15) is 40.0 Å². The minimum Gasteiger partial charge on any atom is -0.496 e. The Morgan fingerprint density at radius 2 is 1.85 bits per heavy atom. The topological polar surface area (TPSA) is 67.4 Å². The summed E-state index contributed by atoms with van der Waals surface area (Å²) in [5.74, 6) is 0.220. The summed E-state index contributed by atoms with van der Waals surface area (Å²) >= 11 is 3.43. The maximum absolute atomic E-state index is 12.2. The normalized spacial score (nSPS) is 11.6. The number of benzene rings is 2. The lowest BCUT2D eigenvalue weighted by Gasteiger charge is -2.16. The van der Waals surface area contributed by atoms with E-state index >= 15 is 0 Å². The molecule has 0 radical (unpaired) electrons. The number of halogens is 1. The highest BCUT2D eigenvalue weighted by atomic mass is 79.9. The van der Waals surface area contributed by atoms with Gasteiger partial charge in [-0.2, -0.15) is 0 Å². The zero-order valence-corrected chi connectivity index (χ0v) is 16.9. The van der Waals surface area contributed by atoms with Crippen LogP contribution in [0.2, 0.25) is 0 Å². The van der Waals surface area contributed by atoms with E-state index < -0.39 is 0 Å². The first-order valence-corrected chi connectivity index (χ1v) is 9.09. The second-order valence-electron chi connectivity index (χ2n) is 6.16. The third-order valence-corrected chi connectivity index (χ3v) is 4.85. The molecule has 0 aliphatic carbocycles. The lowest BCUT2D eigenvalue weighted by Crippen LogP contribution is -2.38. The van der Waals surface area contributed by atoms with Crippen LogP contribution < -0.4 is 15.4 Å². The van der Waals surface area contributed by atoms with E-state index in [1.165, 1.54) is 0 Å². The first-order valence-electron chi connectivity index (χ1n) is 8.30. The summed E-state index contributed by atoms with van der Waals surface area (Å²) in [5, 5.41) is 5.52. The van der Waals surface area contributed by atoms with Gasteiger partial charge in [-0.1, -0.05) is 12.1 Å². The predicted molar refractivity (Wildman–Crippen MR) is 106 cm³/mol. The molecule has 0 saturated heterocycles. The highest BCUT2D eigenvalue weighted by Crippen LogP contribution is 2.27. The number of methoxy groups -OCH3 is 1. The maximum Gasteiger partial charge on any atom is 0.251 e. The van der Waals surface area contributed by atoms with Gasteiger partial charge in [0.25, 0.3) is 5.91 Å². The van der Waals surface area contributed by atoms with Crippen molar-refractivity contribution in [3.8, 4) is 5.75 Å². The number of ether oxygens (including phenoxy) is 1. The number of rotatable bonds is 6. The molecule has 0 fully saturated rings. The fraction of sp³-hybridized carbons (Fsp3) is 0.300. The van der Waals surface area contributed by atoms with Gasteiger partial charge in [-0.25, -0.2) is 0 Å². The second kappa shape index (κ2) is 8.85. The standard InChI is InChI=1S/C20H23BrN2O3/c1-12-5-6-16(9-13(12)2)20(25)22-11-19(24)23-14(3)15-7-8-18(26-4)17(21)10-15/h5-10,14H,11H2,1-4H3,(H,22,25)(H,23,24)/t14-/m0/s1. The Hall–Kier alpha value is -2.34. The first-order chi connectivity index (χ1) is 12.3. The average molecular weight is 419 g/mol. The number of nitrogens with one attached hydrogen (secondary N) is 2. The number of aryl methyl sites for hydroxylation is 2. The molecular weight excluding hydrogens is 396 g/mol. The van der Waals surface area contributed by atoms with Crippen molar-refractivity contribution in [2.24, 2.45) is 0 Å². The van der Waals surface area contributed by atoms with Gasteiger partial charge in [0.15, 0.2) is 0 Å². The molecule has 5 nitrogen and oxygen atoms in total. The van der Waals surface area contributed by atoms with Gasteiger partial charge in [-0.05, 0) is 77.7 Å². The van der Waals surface area contributed by atoms with Gasteiger partial charge in [0.2, 0.25) is 5.91 Å². The highest BCUT2D eigenvalue weighted by molar-refractivity contribution is 9.10. The summed E-state index contributed by atoms with van der Waals surface area (Å²) in [6.07, 6.45) is 0. The van der Waals surface area contributed by atoms with E-state index in [4.69, 9.17) is 4.74 Å². The van der Waals surface area contributed by atoms with Crippen molar-refractivity contribution in [2.75, 3.05) is 13.7 Å². The SMILES string of the molecule is COc1ccc([C@H](C)NC(=O)CNC(=O)c2ccc(C)c(C)c2)cc1Br. The number of carbonyl (C=O) groups is 2. The summed E-state index contributed by atoms with van der Waals surface area (Å²) < 4.78 is 6.02. The molecule has 2 amide bonds. The lowest BCUT2D eigenvalue weighted by atomic mass is 10.1. The predicted octanol–water partition coefficient (Wildman–Crippen LogP) is 3.68. The molecule has 0 spiro atoms. The molecule has 0 heterocycles. The van der Waals surface area contributed by atoms with Crippen LogP contribution in [0.5, 0.6) is 5.75 Å². The zero-order chi connectivity index (χ0) is 19.3. The van der Waals surface area contributed by atoms with E-state index in [1.807, 2.05) is 51.1 Å². The average Bonchev–Trinajstić information content (AvgIpc) is 2.61. The van der Waals surface area contributed by atoms with E-state index in [2.05, 4.69) is 26.6 Å². The van der Waals surface area contributed by atoms with Crippen LogP contribution in [0.25, 0.3) is 0 Å². The number of carbonyl (C=O) groups excluding carboxylic acids is 2. The Morgan fingerprint density at radius 3 is 2.46 bits per heavy atom. The summed E-state index contributed by atoms with van der Waals surface area (Å²) in [4.78, 5) is 24.3. The second-order valence-corrected chi connectivity index (χ2v) is 7.02. The summed E-state index contributed by atoms with van der Waals surface area (Å²) in [6, 6.07) is 10.9. The molecule has 0 bridgehead atoms. The molecule has 138 valence electrons. The van der Waals surface area contributed by atoms with Crippen molar-refractivity contribution in [2.45, 2.75) is 26.8 Å². The first kappa shape index (κ1) is 20.0. The van der Waals surface area contributed by atoms with Gasteiger partial charge >= 0.3 is 0 Å². The van der Waals surface area contributed by atoms with Crippen LogP contribution in [0.15, 0.2) is 40.9 Å². The lowest BCUT2D eigenvalue weighted by molar-refractivity contribution is -0.120. The van der Waals surface area contributed by atoms with Gasteiger partial charge in [0, 0.05) is 5.56 Å². The minimum atomic E-state index is -0.261. The van der Waals surface area contributed by atoms with Crippen LogP contribution >= 0.6 is 15.9 Å². The Bertz CT molecular complexity index is 821. The number of hydrogen-bond donors (Lipinski definition) is 2. The van der Waals surface area contributed by atoms with E-state index in [0.29, 0.717) is 5.56 Å². The summed E-state index contributed by atoms with van der Waals surface area (Å²) in [7, 11) is 1.60. The molecule has 0 unspecified atom stereocenters. The molecule has 2 aromatic rings. The van der Waals surface area contributed by atoms with Crippen LogP contribution in [-0.4, -0.2) is 25.5 Å². The monoisotopic (exact) mass is 418 g/mol. The van der Waals surface area contributed by atoms with Crippen LogP contribution in [0.4, 0.5) is 0 Å². The number of amides is 2. The highest BCUT2D eigenvalue weighted by Gasteiger charge is 2.13. The quantitative estimate of drug-likeness (QED) is 0.751. The van der Waals surface area contributed by atoms with Crippen molar-refractivity contribution < 1.29 is 14.3 Å². The van der Waals surface area contributed by atoms with Gasteiger partial charge in [0.05, 0.1) is 24.2 Å². The molecule has 2 rings (SSSR count). The molecule has 2 N–H and O–H groups in total. The molecule has 0 aliphatic rings. The van der Waals surface area contributed by atoms with Gasteiger partial charge in [-0.15, -0.1) is 0 Å². The minimum absolute atomic E-state index is 0.0760. The van der Waals surface area contributed by atoms with E-state index in [0.717, 1.165) is 26.9 Å². The Kier molecular flexibility index (Phi) is 6.80. The molecule has 2 aromatic carbocycles. The molecule has 0 saturated carbocycles. The van der Waals surface area contributed by atoms with Crippen molar-refractivity contribution in [1.29, 1.82) is 0 Å². The van der Waals surface area contributed by atoms with Gasteiger partial charge in [-0.3, -0.25) is 9.59 Å². The molecule has 6 heteroatoms. The van der Waals surface area contributed by atoms with E-state index in [-0.39, 0.29) is 24.4 Å². The van der Waals surface area contributed by atoms with Crippen molar-refractivity contribution in [3.63, 3.8) is 0 Å². The Morgan fingerprint density at radius 1 is 1.12 bits per heavy atom. The molecular formula is C20H23BrN2O3. The molecule has 0 aliphatic heterocycles. The van der Waals surface area contributed by atoms with Crippen molar-refractivity contribution in [3.05, 3.63) is 63.1 Å². The van der Waals surface area contributed by atoms with Gasteiger partial charge in [0.1, 0.15) is 5.75 Å². The third-order valence-electron chi connectivity index (χ3n) is 4.23. The smallest absolute Gasteiger partial charge is 0.251 e. The molecule has 1 atom stereocenters. The van der Waals surface area contributed by atoms with Crippen molar-refractivity contribution in [1.82, 2.24) is 10.6 Å². The maximum atomic E-state index is 12.2. The summed E-state index contributed by atoms with van der Waals surface area (Å²) in [6.45, 7) is 5.75. The third kappa shape index (κ3) is 5.08. The van der Waals surface area contributed by atoms with E-state index in [9.17, 15) is 9.59 Å². The Labute approximate surface area is 162 Å². The van der Waals surface area contributed by atoms with Gasteiger partial charge < -0.3 is 15.4 Å². The fourth-order valence-electron chi connectivity index (χ4n) is 2.47. The Balaban J connectivity index is 1.90. The molecule has 26 heavy (non-hydrogen) atoms. The van der Waals surface area contributed by atoms with Crippen LogP contribution in [0.3, 0.4) is 0 Å². The van der Waals surface area contributed by atoms with Crippen LogP contribution in [0, 0.1) is 13.8 Å². The van der Waals surface area contributed by atoms with Crippen molar-refractivity contribution >= 4 is 27.7 Å².